The predicted octanol–water partition coefficient (Wildman–Crippen LogP) is 3.35. The van der Waals surface area contributed by atoms with Gasteiger partial charge < -0.3 is 10.2 Å². The van der Waals surface area contributed by atoms with Gasteiger partial charge in [-0.05, 0) is 63.5 Å². The molecule has 0 saturated carbocycles. The third-order valence-electron chi connectivity index (χ3n) is 4.12. The van der Waals surface area contributed by atoms with Gasteiger partial charge in [0.1, 0.15) is 5.82 Å². The molecule has 1 N–H and O–H groups in total. The van der Waals surface area contributed by atoms with E-state index in [1.807, 2.05) is 12.1 Å². The van der Waals surface area contributed by atoms with Crippen LogP contribution in [0.1, 0.15) is 44.7 Å². The van der Waals surface area contributed by atoms with Gasteiger partial charge in [-0.2, -0.15) is 0 Å². The molecular formula is C16H25FN2. The Kier molecular flexibility index (Phi) is 5.34. The molecule has 0 spiro atoms. The molecule has 0 aromatic heterocycles. The molecule has 0 amide bonds. The van der Waals surface area contributed by atoms with E-state index in [1.165, 1.54) is 32.4 Å². The lowest BCUT2D eigenvalue weighted by atomic mass is 10.0. The van der Waals surface area contributed by atoms with Crippen molar-refractivity contribution in [3.8, 4) is 0 Å². The van der Waals surface area contributed by atoms with Gasteiger partial charge in [0.25, 0.3) is 0 Å². The summed E-state index contributed by atoms with van der Waals surface area (Å²) in [6.45, 7) is 7.95. The van der Waals surface area contributed by atoms with Gasteiger partial charge in [-0.3, -0.25) is 0 Å². The number of rotatable bonds is 4. The Hall–Kier alpha value is -0.930. The summed E-state index contributed by atoms with van der Waals surface area (Å²) in [5.41, 5.74) is 1.16. The summed E-state index contributed by atoms with van der Waals surface area (Å²) in [4.78, 5) is 2.52. The molecule has 1 aromatic carbocycles. The molecule has 1 aromatic rings. The monoisotopic (exact) mass is 264 g/mol. The van der Waals surface area contributed by atoms with Crippen molar-refractivity contribution in [2.45, 2.75) is 45.2 Å². The summed E-state index contributed by atoms with van der Waals surface area (Å²) in [7, 11) is 0. The number of hydrogen-bond donors (Lipinski definition) is 1. The minimum atomic E-state index is -0.163. The number of nitrogens with zero attached hydrogens (tertiary/aromatic N) is 1. The fourth-order valence-corrected chi connectivity index (χ4v) is 2.84. The smallest absolute Gasteiger partial charge is 0.123 e. The van der Waals surface area contributed by atoms with Gasteiger partial charge >= 0.3 is 0 Å². The van der Waals surface area contributed by atoms with E-state index >= 15 is 0 Å². The Balaban J connectivity index is 1.88. The van der Waals surface area contributed by atoms with Crippen molar-refractivity contribution in [1.82, 2.24) is 10.2 Å². The van der Waals surface area contributed by atoms with E-state index in [-0.39, 0.29) is 5.82 Å². The summed E-state index contributed by atoms with van der Waals surface area (Å²) >= 11 is 0. The molecule has 2 rings (SSSR count). The first kappa shape index (κ1) is 14.5. The predicted molar refractivity (Wildman–Crippen MR) is 77.7 cm³/mol. The molecule has 1 aliphatic heterocycles. The van der Waals surface area contributed by atoms with E-state index in [9.17, 15) is 4.39 Å². The van der Waals surface area contributed by atoms with Crippen LogP contribution < -0.4 is 5.32 Å². The van der Waals surface area contributed by atoms with Crippen molar-refractivity contribution in [3.05, 3.63) is 35.6 Å². The van der Waals surface area contributed by atoms with E-state index in [1.54, 1.807) is 12.1 Å². The summed E-state index contributed by atoms with van der Waals surface area (Å²) in [6, 6.07) is 7.71. The Morgan fingerprint density at radius 3 is 2.68 bits per heavy atom. The summed E-state index contributed by atoms with van der Waals surface area (Å²) < 4.78 is 12.9. The second kappa shape index (κ2) is 7.01. The zero-order valence-corrected chi connectivity index (χ0v) is 12.0. The number of benzene rings is 1. The molecule has 2 atom stereocenters. The molecule has 106 valence electrons. The highest BCUT2D eigenvalue weighted by Gasteiger charge is 2.18. The van der Waals surface area contributed by atoms with E-state index in [0.717, 1.165) is 12.1 Å². The third-order valence-corrected chi connectivity index (χ3v) is 4.12. The van der Waals surface area contributed by atoms with Crippen LogP contribution in [0.4, 0.5) is 4.39 Å². The Labute approximate surface area is 116 Å². The quantitative estimate of drug-likeness (QED) is 0.897. The van der Waals surface area contributed by atoms with Crippen LogP contribution in [-0.4, -0.2) is 30.6 Å². The van der Waals surface area contributed by atoms with Gasteiger partial charge in [0.15, 0.2) is 0 Å². The van der Waals surface area contributed by atoms with Crippen LogP contribution >= 0.6 is 0 Å². The lowest BCUT2D eigenvalue weighted by molar-refractivity contribution is 0.295. The summed E-state index contributed by atoms with van der Waals surface area (Å²) in [5.74, 6) is -0.163. The maximum atomic E-state index is 12.9. The van der Waals surface area contributed by atoms with Gasteiger partial charge in [-0.15, -0.1) is 0 Å². The molecule has 1 aliphatic rings. The van der Waals surface area contributed by atoms with E-state index in [2.05, 4.69) is 24.1 Å². The second-order valence-corrected chi connectivity index (χ2v) is 5.50. The average Bonchev–Trinajstić information content (AvgIpc) is 2.64. The molecule has 2 nitrogen and oxygen atoms in total. The highest BCUT2D eigenvalue weighted by atomic mass is 19.1. The number of hydrogen-bond acceptors (Lipinski definition) is 2. The van der Waals surface area contributed by atoms with Crippen molar-refractivity contribution in [3.63, 3.8) is 0 Å². The van der Waals surface area contributed by atoms with Gasteiger partial charge in [-0.1, -0.05) is 19.1 Å². The largest absolute Gasteiger partial charge is 0.307 e. The number of halogens is 1. The maximum Gasteiger partial charge on any atom is 0.123 e. The van der Waals surface area contributed by atoms with Gasteiger partial charge in [0.05, 0.1) is 0 Å². The Morgan fingerprint density at radius 1 is 1.26 bits per heavy atom. The molecular weight excluding hydrogens is 239 g/mol. The Bertz CT molecular complexity index is 377. The van der Waals surface area contributed by atoms with Crippen LogP contribution in [0.3, 0.4) is 0 Å². The van der Waals surface area contributed by atoms with Crippen LogP contribution in [0, 0.1) is 5.82 Å². The zero-order chi connectivity index (χ0) is 13.7. The molecule has 1 fully saturated rings. The van der Waals surface area contributed by atoms with E-state index in [0.29, 0.717) is 12.1 Å². The van der Waals surface area contributed by atoms with Crippen LogP contribution in [0.15, 0.2) is 24.3 Å². The minimum absolute atomic E-state index is 0.163. The topological polar surface area (TPSA) is 15.3 Å². The zero-order valence-electron chi connectivity index (χ0n) is 12.0. The lowest BCUT2D eigenvalue weighted by Crippen LogP contribution is -2.33. The molecule has 0 bridgehead atoms. The van der Waals surface area contributed by atoms with Crippen molar-refractivity contribution < 1.29 is 4.39 Å². The summed E-state index contributed by atoms with van der Waals surface area (Å²) in [5, 5.41) is 3.69. The van der Waals surface area contributed by atoms with E-state index < -0.39 is 0 Å². The molecule has 0 radical (unpaired) electrons. The van der Waals surface area contributed by atoms with Crippen LogP contribution in [-0.2, 0) is 0 Å². The fraction of sp³-hybridized carbons (Fsp3) is 0.625. The van der Waals surface area contributed by atoms with Crippen molar-refractivity contribution in [1.29, 1.82) is 0 Å². The Morgan fingerprint density at radius 2 is 2.00 bits per heavy atom. The molecule has 1 unspecified atom stereocenters. The average molecular weight is 264 g/mol. The van der Waals surface area contributed by atoms with Crippen molar-refractivity contribution >= 4 is 0 Å². The standard InChI is InChI=1S/C16H25FN2/c1-3-19-11-4-5-16(10-12-19)18-13(2)14-6-8-15(17)9-7-14/h6-9,13,16,18H,3-5,10-12H2,1-2H3/t13-,16?/m0/s1. The van der Waals surface area contributed by atoms with Crippen molar-refractivity contribution in [2.75, 3.05) is 19.6 Å². The highest BCUT2D eigenvalue weighted by molar-refractivity contribution is 5.19. The molecule has 19 heavy (non-hydrogen) atoms. The fourth-order valence-electron chi connectivity index (χ4n) is 2.84. The molecule has 1 heterocycles. The lowest BCUT2D eigenvalue weighted by Gasteiger charge is -2.23. The van der Waals surface area contributed by atoms with E-state index in [4.69, 9.17) is 0 Å². The van der Waals surface area contributed by atoms with Gasteiger partial charge in [0.2, 0.25) is 0 Å². The third kappa shape index (κ3) is 4.29. The normalized spacial score (nSPS) is 23.0. The molecule has 1 saturated heterocycles. The second-order valence-electron chi connectivity index (χ2n) is 5.50. The van der Waals surface area contributed by atoms with Gasteiger partial charge in [0, 0.05) is 12.1 Å². The molecule has 0 aliphatic carbocycles. The number of nitrogens with one attached hydrogen (secondary N) is 1. The van der Waals surface area contributed by atoms with Crippen molar-refractivity contribution in [2.24, 2.45) is 0 Å². The highest BCUT2D eigenvalue weighted by Crippen LogP contribution is 2.18. The maximum absolute atomic E-state index is 12.9. The SMILES string of the molecule is CCN1CCCC(N[C@@H](C)c2ccc(F)cc2)CC1. The van der Waals surface area contributed by atoms with Crippen LogP contribution in [0.5, 0.6) is 0 Å². The number of likely N-dealkylation sites (tertiary alicyclic amines) is 1. The first-order valence-electron chi connectivity index (χ1n) is 7.43. The van der Waals surface area contributed by atoms with Gasteiger partial charge in [-0.25, -0.2) is 4.39 Å². The van der Waals surface area contributed by atoms with Crippen LogP contribution in [0.2, 0.25) is 0 Å². The first-order valence-corrected chi connectivity index (χ1v) is 7.43. The van der Waals surface area contributed by atoms with Crippen LogP contribution in [0.25, 0.3) is 0 Å². The first-order chi connectivity index (χ1) is 9.19. The minimum Gasteiger partial charge on any atom is -0.307 e. The molecule has 3 heteroatoms. The summed E-state index contributed by atoms with van der Waals surface area (Å²) in [6.07, 6.45) is 3.71.